The summed E-state index contributed by atoms with van der Waals surface area (Å²) in [4.78, 5) is 0. The summed E-state index contributed by atoms with van der Waals surface area (Å²) in [7, 11) is 1.78. The molecule has 1 atom stereocenters. The molecule has 1 N–H and O–H groups in total. The second kappa shape index (κ2) is 5.49. The lowest BCUT2D eigenvalue weighted by atomic mass is 9.99. The van der Waals surface area contributed by atoms with Gasteiger partial charge < -0.3 is 5.32 Å². The molecule has 1 aromatic rings. The number of alkyl halides is 3. The average Bonchev–Trinajstić information content (AvgIpc) is 2.19. The van der Waals surface area contributed by atoms with Crippen LogP contribution in [0, 0.1) is 11.7 Å². The third-order valence-corrected chi connectivity index (χ3v) is 2.47. The Balaban J connectivity index is 2.89. The van der Waals surface area contributed by atoms with Crippen molar-refractivity contribution in [3.05, 3.63) is 35.1 Å². The fourth-order valence-electron chi connectivity index (χ4n) is 1.74. The summed E-state index contributed by atoms with van der Waals surface area (Å²) in [6, 6.07) is 3.17. The van der Waals surface area contributed by atoms with Gasteiger partial charge in [-0.2, -0.15) is 13.2 Å². The number of benzene rings is 1. The van der Waals surface area contributed by atoms with Gasteiger partial charge in [-0.3, -0.25) is 0 Å². The molecule has 0 amide bonds. The van der Waals surface area contributed by atoms with Gasteiger partial charge in [0.15, 0.2) is 0 Å². The van der Waals surface area contributed by atoms with Crippen molar-refractivity contribution in [2.45, 2.75) is 19.5 Å². The zero-order valence-corrected chi connectivity index (χ0v) is 9.74. The van der Waals surface area contributed by atoms with Crippen LogP contribution in [0.1, 0.15) is 18.1 Å². The van der Waals surface area contributed by atoms with Crippen LogP contribution in [-0.2, 0) is 12.6 Å². The Kier molecular flexibility index (Phi) is 4.51. The third kappa shape index (κ3) is 4.00. The van der Waals surface area contributed by atoms with E-state index in [1.54, 1.807) is 7.05 Å². The molecule has 0 saturated carbocycles. The van der Waals surface area contributed by atoms with E-state index in [2.05, 4.69) is 5.32 Å². The summed E-state index contributed by atoms with van der Waals surface area (Å²) < 4.78 is 50.4. The van der Waals surface area contributed by atoms with Crippen LogP contribution >= 0.6 is 0 Å². The lowest BCUT2D eigenvalue weighted by Gasteiger charge is -2.13. The smallest absolute Gasteiger partial charge is 0.319 e. The SMILES string of the molecule is CNCC(C)Cc1ccc(F)c(C(F)(F)F)c1. The Morgan fingerprint density at radius 2 is 1.94 bits per heavy atom. The molecule has 5 heteroatoms. The molecule has 0 aliphatic carbocycles. The molecule has 0 bridgehead atoms. The summed E-state index contributed by atoms with van der Waals surface area (Å²) in [6.07, 6.45) is -4.14. The number of hydrogen-bond donors (Lipinski definition) is 1. The predicted molar refractivity (Wildman–Crippen MR) is 58.2 cm³/mol. The molecule has 0 aromatic heterocycles. The van der Waals surface area contributed by atoms with Gasteiger partial charge in [0.05, 0.1) is 5.56 Å². The van der Waals surface area contributed by atoms with Gasteiger partial charge in [0.1, 0.15) is 5.82 Å². The number of halogens is 4. The Morgan fingerprint density at radius 3 is 2.47 bits per heavy atom. The highest BCUT2D eigenvalue weighted by atomic mass is 19.4. The van der Waals surface area contributed by atoms with Crippen molar-refractivity contribution in [3.63, 3.8) is 0 Å². The van der Waals surface area contributed by atoms with Crippen LogP contribution in [0.4, 0.5) is 17.6 Å². The maximum absolute atomic E-state index is 13.0. The number of nitrogens with one attached hydrogen (secondary N) is 1. The molecule has 96 valence electrons. The molecule has 0 heterocycles. The van der Waals surface area contributed by atoms with E-state index >= 15 is 0 Å². The first kappa shape index (κ1) is 14.0. The van der Waals surface area contributed by atoms with E-state index in [4.69, 9.17) is 0 Å². The Morgan fingerprint density at radius 1 is 1.29 bits per heavy atom. The molecule has 0 aliphatic heterocycles. The van der Waals surface area contributed by atoms with Crippen molar-refractivity contribution in [1.82, 2.24) is 5.32 Å². The van der Waals surface area contributed by atoms with Crippen molar-refractivity contribution in [2.24, 2.45) is 5.92 Å². The highest BCUT2D eigenvalue weighted by Crippen LogP contribution is 2.32. The van der Waals surface area contributed by atoms with Crippen molar-refractivity contribution < 1.29 is 17.6 Å². The van der Waals surface area contributed by atoms with E-state index in [1.165, 1.54) is 6.07 Å². The summed E-state index contributed by atoms with van der Waals surface area (Å²) in [6.45, 7) is 2.63. The largest absolute Gasteiger partial charge is 0.419 e. The molecule has 17 heavy (non-hydrogen) atoms. The first-order valence-corrected chi connectivity index (χ1v) is 5.34. The van der Waals surface area contributed by atoms with Gasteiger partial charge >= 0.3 is 6.18 Å². The van der Waals surface area contributed by atoms with Gasteiger partial charge in [-0.15, -0.1) is 0 Å². The standard InChI is InChI=1S/C12H15F4N/c1-8(7-17-2)5-9-3-4-11(13)10(6-9)12(14,15)16/h3-4,6,8,17H,5,7H2,1-2H3. The molecular formula is C12H15F4N. The fraction of sp³-hybridized carbons (Fsp3) is 0.500. The van der Waals surface area contributed by atoms with Crippen LogP contribution in [0.3, 0.4) is 0 Å². The molecule has 0 saturated heterocycles. The lowest BCUT2D eigenvalue weighted by molar-refractivity contribution is -0.140. The zero-order valence-electron chi connectivity index (χ0n) is 9.74. The monoisotopic (exact) mass is 249 g/mol. The zero-order chi connectivity index (χ0) is 13.1. The topological polar surface area (TPSA) is 12.0 Å². The molecular weight excluding hydrogens is 234 g/mol. The minimum absolute atomic E-state index is 0.201. The van der Waals surface area contributed by atoms with Crippen molar-refractivity contribution in [1.29, 1.82) is 0 Å². The first-order chi connectivity index (χ1) is 7.84. The Hall–Kier alpha value is -1.10. The Labute approximate surface area is 97.8 Å². The van der Waals surface area contributed by atoms with Crippen LogP contribution < -0.4 is 5.32 Å². The van der Waals surface area contributed by atoms with E-state index in [9.17, 15) is 17.6 Å². The first-order valence-electron chi connectivity index (χ1n) is 5.34. The maximum Gasteiger partial charge on any atom is 0.419 e. The molecule has 0 radical (unpaired) electrons. The van der Waals surface area contributed by atoms with Gasteiger partial charge in [-0.25, -0.2) is 4.39 Å². The van der Waals surface area contributed by atoms with E-state index in [-0.39, 0.29) is 5.92 Å². The van der Waals surface area contributed by atoms with Gasteiger partial charge in [-0.1, -0.05) is 13.0 Å². The van der Waals surface area contributed by atoms with Gasteiger partial charge in [0.25, 0.3) is 0 Å². The van der Waals surface area contributed by atoms with Crippen LogP contribution in [0.15, 0.2) is 18.2 Å². The summed E-state index contributed by atoms with van der Waals surface area (Å²) in [5, 5.41) is 2.95. The summed E-state index contributed by atoms with van der Waals surface area (Å²) in [5.74, 6) is -1.02. The summed E-state index contributed by atoms with van der Waals surface area (Å²) >= 11 is 0. The van der Waals surface area contributed by atoms with Crippen molar-refractivity contribution in [2.75, 3.05) is 13.6 Å². The molecule has 1 nitrogen and oxygen atoms in total. The third-order valence-electron chi connectivity index (χ3n) is 2.47. The second-order valence-electron chi connectivity index (χ2n) is 4.18. The number of hydrogen-bond acceptors (Lipinski definition) is 1. The molecule has 1 rings (SSSR count). The molecule has 1 unspecified atom stereocenters. The quantitative estimate of drug-likeness (QED) is 0.808. The van der Waals surface area contributed by atoms with Gasteiger partial charge in [0, 0.05) is 0 Å². The van der Waals surface area contributed by atoms with Gasteiger partial charge in [0.2, 0.25) is 0 Å². The van der Waals surface area contributed by atoms with Crippen LogP contribution in [0.5, 0.6) is 0 Å². The van der Waals surface area contributed by atoms with E-state index in [0.29, 0.717) is 18.5 Å². The normalized spacial score (nSPS) is 13.8. The van der Waals surface area contributed by atoms with Crippen LogP contribution in [-0.4, -0.2) is 13.6 Å². The average molecular weight is 249 g/mol. The number of rotatable bonds is 4. The highest BCUT2D eigenvalue weighted by molar-refractivity contribution is 5.27. The second-order valence-corrected chi connectivity index (χ2v) is 4.18. The van der Waals surface area contributed by atoms with E-state index in [1.807, 2.05) is 6.92 Å². The molecule has 0 aliphatic rings. The molecule has 0 spiro atoms. The highest BCUT2D eigenvalue weighted by Gasteiger charge is 2.34. The molecule has 1 aromatic carbocycles. The minimum atomic E-state index is -4.63. The lowest BCUT2D eigenvalue weighted by Crippen LogP contribution is -2.18. The van der Waals surface area contributed by atoms with Gasteiger partial charge in [-0.05, 0) is 43.6 Å². The van der Waals surface area contributed by atoms with Crippen molar-refractivity contribution in [3.8, 4) is 0 Å². The molecule has 0 fully saturated rings. The van der Waals surface area contributed by atoms with Crippen molar-refractivity contribution >= 4 is 0 Å². The summed E-state index contributed by atoms with van der Waals surface area (Å²) in [5.41, 5.74) is -0.687. The maximum atomic E-state index is 13.0. The Bertz CT molecular complexity index is 373. The predicted octanol–water partition coefficient (Wildman–Crippen LogP) is 3.24. The van der Waals surface area contributed by atoms with E-state index < -0.39 is 17.6 Å². The van der Waals surface area contributed by atoms with E-state index in [0.717, 1.165) is 12.1 Å². The fourth-order valence-corrected chi connectivity index (χ4v) is 1.74. The van der Waals surface area contributed by atoms with Crippen LogP contribution in [0.2, 0.25) is 0 Å². The minimum Gasteiger partial charge on any atom is -0.319 e. The van der Waals surface area contributed by atoms with Crippen LogP contribution in [0.25, 0.3) is 0 Å².